The summed E-state index contributed by atoms with van der Waals surface area (Å²) in [5.74, 6) is -0.130. The number of ether oxygens (including phenoxy) is 1. The first-order chi connectivity index (χ1) is 7.53. The van der Waals surface area contributed by atoms with E-state index in [1.54, 1.807) is 30.3 Å². The number of anilines is 1. The SMILES string of the molecule is N#CCS(=O)(=O)CCOc1cccc(N)c1. The molecule has 0 radical (unpaired) electrons. The van der Waals surface area contributed by atoms with Gasteiger partial charge < -0.3 is 10.5 Å². The third-order valence-corrected chi connectivity index (χ3v) is 3.16. The average Bonchev–Trinajstić information content (AvgIpc) is 2.17. The zero-order valence-corrected chi connectivity index (χ0v) is 9.40. The molecule has 1 aromatic carbocycles. The Hall–Kier alpha value is -1.74. The van der Waals surface area contributed by atoms with Crippen molar-refractivity contribution in [3.63, 3.8) is 0 Å². The maximum Gasteiger partial charge on any atom is 0.166 e. The predicted molar refractivity (Wildman–Crippen MR) is 60.6 cm³/mol. The molecule has 0 fully saturated rings. The number of nitrogens with two attached hydrogens (primary N) is 1. The van der Waals surface area contributed by atoms with Crippen molar-refractivity contribution in [2.75, 3.05) is 23.8 Å². The van der Waals surface area contributed by atoms with Gasteiger partial charge in [-0.15, -0.1) is 0 Å². The van der Waals surface area contributed by atoms with Crippen molar-refractivity contribution in [1.82, 2.24) is 0 Å². The van der Waals surface area contributed by atoms with Crippen LogP contribution in [0.25, 0.3) is 0 Å². The normalized spacial score (nSPS) is 10.7. The Morgan fingerprint density at radius 2 is 2.19 bits per heavy atom. The van der Waals surface area contributed by atoms with Gasteiger partial charge in [0.15, 0.2) is 9.84 Å². The second-order valence-corrected chi connectivity index (χ2v) is 5.36. The lowest BCUT2D eigenvalue weighted by molar-refractivity contribution is 0.341. The van der Waals surface area contributed by atoms with Crippen LogP contribution in [0.4, 0.5) is 5.69 Å². The second kappa shape index (κ2) is 5.37. The Morgan fingerprint density at radius 1 is 1.44 bits per heavy atom. The van der Waals surface area contributed by atoms with Crippen molar-refractivity contribution in [2.45, 2.75) is 0 Å². The van der Waals surface area contributed by atoms with E-state index in [9.17, 15) is 8.42 Å². The Balaban J connectivity index is 2.45. The molecule has 0 bridgehead atoms. The van der Waals surface area contributed by atoms with E-state index >= 15 is 0 Å². The van der Waals surface area contributed by atoms with Crippen LogP contribution in [0.2, 0.25) is 0 Å². The van der Waals surface area contributed by atoms with Crippen LogP contribution in [0.3, 0.4) is 0 Å². The van der Waals surface area contributed by atoms with Gasteiger partial charge in [-0.2, -0.15) is 5.26 Å². The number of nitriles is 1. The van der Waals surface area contributed by atoms with E-state index in [1.807, 2.05) is 0 Å². The van der Waals surface area contributed by atoms with Crippen LogP contribution >= 0.6 is 0 Å². The van der Waals surface area contributed by atoms with E-state index in [1.165, 1.54) is 0 Å². The Bertz CT molecular complexity index is 491. The van der Waals surface area contributed by atoms with E-state index in [0.29, 0.717) is 11.4 Å². The highest BCUT2D eigenvalue weighted by atomic mass is 32.2. The molecular formula is C10H12N2O3S. The summed E-state index contributed by atoms with van der Waals surface area (Å²) >= 11 is 0. The second-order valence-electron chi connectivity index (χ2n) is 3.17. The molecule has 0 amide bonds. The van der Waals surface area contributed by atoms with Crippen LogP contribution in [0.15, 0.2) is 24.3 Å². The molecule has 86 valence electrons. The molecule has 0 aliphatic heterocycles. The highest BCUT2D eigenvalue weighted by Gasteiger charge is 2.09. The fourth-order valence-electron chi connectivity index (χ4n) is 1.06. The zero-order chi connectivity index (χ0) is 12.0. The molecule has 2 N–H and O–H groups in total. The van der Waals surface area contributed by atoms with E-state index in [-0.39, 0.29) is 12.4 Å². The summed E-state index contributed by atoms with van der Waals surface area (Å²) in [4.78, 5) is 0. The first kappa shape index (κ1) is 12.3. The molecule has 16 heavy (non-hydrogen) atoms. The van der Waals surface area contributed by atoms with Gasteiger partial charge in [0.25, 0.3) is 0 Å². The molecule has 0 aliphatic rings. The van der Waals surface area contributed by atoms with E-state index in [4.69, 9.17) is 15.7 Å². The first-order valence-electron chi connectivity index (χ1n) is 4.59. The largest absolute Gasteiger partial charge is 0.492 e. The van der Waals surface area contributed by atoms with Crippen LogP contribution in [0.1, 0.15) is 0 Å². The van der Waals surface area contributed by atoms with Crippen molar-refractivity contribution in [3.8, 4) is 11.8 Å². The molecule has 1 rings (SSSR count). The van der Waals surface area contributed by atoms with Gasteiger partial charge in [-0.1, -0.05) is 6.07 Å². The van der Waals surface area contributed by atoms with Crippen LogP contribution in [0.5, 0.6) is 5.75 Å². The third kappa shape index (κ3) is 4.19. The lowest BCUT2D eigenvalue weighted by Gasteiger charge is -2.05. The standard InChI is InChI=1S/C10H12N2O3S/c11-4-6-16(13,14)7-5-15-10-3-1-2-9(12)8-10/h1-3,8H,5-7,12H2. The Labute approximate surface area is 94.4 Å². The van der Waals surface area contributed by atoms with Gasteiger partial charge in [0, 0.05) is 11.8 Å². The minimum absolute atomic E-state index is 0.0213. The number of hydrogen-bond donors (Lipinski definition) is 1. The number of benzene rings is 1. The van der Waals surface area contributed by atoms with Gasteiger partial charge in [-0.3, -0.25) is 0 Å². The number of hydrogen-bond acceptors (Lipinski definition) is 5. The number of rotatable bonds is 5. The molecule has 0 aromatic heterocycles. The lowest BCUT2D eigenvalue weighted by Crippen LogP contribution is -2.16. The van der Waals surface area contributed by atoms with Gasteiger partial charge >= 0.3 is 0 Å². The highest BCUT2D eigenvalue weighted by molar-refractivity contribution is 7.91. The number of nitrogens with zero attached hydrogens (tertiary/aromatic N) is 1. The van der Waals surface area contributed by atoms with Crippen molar-refractivity contribution in [2.24, 2.45) is 0 Å². The summed E-state index contributed by atoms with van der Waals surface area (Å²) < 4.78 is 27.5. The molecule has 1 aromatic rings. The Kier molecular flexibility index (Phi) is 4.14. The summed E-state index contributed by atoms with van der Waals surface area (Å²) in [6.07, 6.45) is 0. The maximum absolute atomic E-state index is 11.2. The molecule has 0 saturated carbocycles. The fraction of sp³-hybridized carbons (Fsp3) is 0.300. The maximum atomic E-state index is 11.2. The molecule has 0 heterocycles. The van der Waals surface area contributed by atoms with Gasteiger partial charge in [0.05, 0.1) is 11.8 Å². The minimum atomic E-state index is -3.33. The molecule has 0 atom stereocenters. The summed E-state index contributed by atoms with van der Waals surface area (Å²) in [6, 6.07) is 8.32. The van der Waals surface area contributed by atoms with Gasteiger partial charge in [-0.05, 0) is 12.1 Å². The van der Waals surface area contributed by atoms with E-state index < -0.39 is 15.6 Å². The molecular weight excluding hydrogens is 228 g/mol. The van der Waals surface area contributed by atoms with Crippen LogP contribution in [0, 0.1) is 11.3 Å². The predicted octanol–water partition coefficient (Wildman–Crippen LogP) is 0.586. The van der Waals surface area contributed by atoms with Crippen LogP contribution < -0.4 is 10.5 Å². The number of nitrogen functional groups attached to an aromatic ring is 1. The molecule has 0 aliphatic carbocycles. The highest BCUT2D eigenvalue weighted by Crippen LogP contribution is 2.14. The topological polar surface area (TPSA) is 93.2 Å². The van der Waals surface area contributed by atoms with Crippen LogP contribution in [-0.2, 0) is 9.84 Å². The fourth-order valence-corrected chi connectivity index (χ4v) is 1.74. The average molecular weight is 240 g/mol. The van der Waals surface area contributed by atoms with Crippen molar-refractivity contribution < 1.29 is 13.2 Å². The van der Waals surface area contributed by atoms with Crippen LogP contribution in [-0.4, -0.2) is 26.5 Å². The van der Waals surface area contributed by atoms with E-state index in [2.05, 4.69) is 0 Å². The third-order valence-electron chi connectivity index (χ3n) is 1.81. The molecule has 6 heteroatoms. The summed E-state index contributed by atoms with van der Waals surface area (Å²) in [5, 5.41) is 8.27. The van der Waals surface area contributed by atoms with Crippen molar-refractivity contribution in [1.29, 1.82) is 5.26 Å². The van der Waals surface area contributed by atoms with E-state index in [0.717, 1.165) is 0 Å². The molecule has 0 spiro atoms. The van der Waals surface area contributed by atoms with Crippen molar-refractivity contribution in [3.05, 3.63) is 24.3 Å². The Morgan fingerprint density at radius 3 is 2.81 bits per heavy atom. The number of sulfone groups is 1. The van der Waals surface area contributed by atoms with Crippen molar-refractivity contribution >= 4 is 15.5 Å². The lowest BCUT2D eigenvalue weighted by atomic mass is 10.3. The summed E-state index contributed by atoms with van der Waals surface area (Å²) in [7, 11) is -3.33. The zero-order valence-electron chi connectivity index (χ0n) is 8.59. The minimum Gasteiger partial charge on any atom is -0.492 e. The molecule has 0 unspecified atom stereocenters. The monoisotopic (exact) mass is 240 g/mol. The van der Waals surface area contributed by atoms with Gasteiger partial charge in [0.2, 0.25) is 0 Å². The van der Waals surface area contributed by atoms with Gasteiger partial charge in [0.1, 0.15) is 18.1 Å². The quantitative estimate of drug-likeness (QED) is 0.760. The summed E-state index contributed by atoms with van der Waals surface area (Å²) in [6.45, 7) is 0.0213. The molecule has 0 saturated heterocycles. The summed E-state index contributed by atoms with van der Waals surface area (Å²) in [5.41, 5.74) is 6.08. The van der Waals surface area contributed by atoms with Gasteiger partial charge in [-0.25, -0.2) is 8.42 Å². The smallest absolute Gasteiger partial charge is 0.166 e. The molecule has 5 nitrogen and oxygen atoms in total. The first-order valence-corrected chi connectivity index (χ1v) is 6.41.